The fraction of sp³-hybridized carbons (Fsp3) is 0.250. The number of hydrogen-bond donors (Lipinski definition) is 1. The summed E-state index contributed by atoms with van der Waals surface area (Å²) in [5.74, 6) is -2.99. The molecule has 0 amide bonds. The van der Waals surface area contributed by atoms with E-state index in [1.165, 1.54) is 19.2 Å². The van der Waals surface area contributed by atoms with Crippen molar-refractivity contribution in [3.05, 3.63) is 99.9 Å². The SMILES string of the molecule is CCOCc1nc(O)c(S(=O)(=O)c2ccc(-c3cccnc3C)cc2)c(=O)n1[C@@H](COC)c1cc(F)cc(F)c1. The molecule has 0 bridgehead atoms. The van der Waals surface area contributed by atoms with Gasteiger partial charge in [-0.2, -0.15) is 4.98 Å². The van der Waals surface area contributed by atoms with Crippen molar-refractivity contribution in [1.82, 2.24) is 14.5 Å². The molecule has 0 fully saturated rings. The number of benzene rings is 2. The van der Waals surface area contributed by atoms with Crippen molar-refractivity contribution in [2.24, 2.45) is 0 Å². The van der Waals surface area contributed by atoms with Gasteiger partial charge in [0.05, 0.1) is 17.5 Å². The summed E-state index contributed by atoms with van der Waals surface area (Å²) in [4.78, 5) is 20.8. The standard InChI is InChI=1S/C28H27F2N3O6S/c1-4-39-16-25-32-27(34)26(28(35)33(25)24(15-38-3)19-12-20(29)14-21(30)13-19)40(36,37)22-9-7-18(8-10-22)23-6-5-11-31-17(23)2/h5-14,24,34H,4,15-16H2,1-3H3/t24-/m0/s1. The summed E-state index contributed by atoms with van der Waals surface area (Å²) in [6.07, 6.45) is 1.64. The van der Waals surface area contributed by atoms with Crippen LogP contribution in [0.5, 0.6) is 5.88 Å². The van der Waals surface area contributed by atoms with E-state index < -0.39 is 43.8 Å². The molecule has 2 aromatic carbocycles. The maximum absolute atomic E-state index is 14.1. The highest BCUT2D eigenvalue weighted by molar-refractivity contribution is 7.91. The first-order valence-electron chi connectivity index (χ1n) is 12.2. The van der Waals surface area contributed by atoms with Crippen LogP contribution in [-0.2, 0) is 25.9 Å². The van der Waals surface area contributed by atoms with Crippen LogP contribution in [0, 0.1) is 18.6 Å². The van der Waals surface area contributed by atoms with Crippen molar-refractivity contribution >= 4 is 9.84 Å². The van der Waals surface area contributed by atoms with Gasteiger partial charge in [-0.1, -0.05) is 18.2 Å². The van der Waals surface area contributed by atoms with E-state index in [9.17, 15) is 27.1 Å². The second-order valence-corrected chi connectivity index (χ2v) is 10.7. The lowest BCUT2D eigenvalue weighted by Crippen LogP contribution is -2.35. The molecule has 0 saturated carbocycles. The van der Waals surface area contributed by atoms with Gasteiger partial charge in [0.15, 0.2) is 4.90 Å². The topological polar surface area (TPSA) is 121 Å². The number of halogens is 2. The van der Waals surface area contributed by atoms with Crippen molar-refractivity contribution in [3.63, 3.8) is 0 Å². The molecule has 1 atom stereocenters. The first kappa shape index (κ1) is 29.0. The highest BCUT2D eigenvalue weighted by Crippen LogP contribution is 2.30. The fourth-order valence-electron chi connectivity index (χ4n) is 4.37. The first-order chi connectivity index (χ1) is 19.1. The summed E-state index contributed by atoms with van der Waals surface area (Å²) < 4.78 is 67.2. The Bertz CT molecular complexity index is 1670. The molecule has 0 unspecified atom stereocenters. The van der Waals surface area contributed by atoms with Gasteiger partial charge in [-0.25, -0.2) is 17.2 Å². The van der Waals surface area contributed by atoms with Crippen molar-refractivity contribution in [2.75, 3.05) is 20.3 Å². The molecule has 0 aliphatic rings. The predicted octanol–water partition coefficient (Wildman–Crippen LogP) is 4.20. The number of nitrogens with zero attached hydrogens (tertiary/aromatic N) is 3. The maximum atomic E-state index is 14.1. The van der Waals surface area contributed by atoms with Gasteiger partial charge in [0.2, 0.25) is 15.7 Å². The molecule has 4 aromatic rings. The van der Waals surface area contributed by atoms with Crippen molar-refractivity contribution in [1.29, 1.82) is 0 Å². The van der Waals surface area contributed by atoms with Gasteiger partial charge >= 0.3 is 0 Å². The lowest BCUT2D eigenvalue weighted by atomic mass is 10.1. The molecule has 40 heavy (non-hydrogen) atoms. The van der Waals surface area contributed by atoms with Crippen LogP contribution in [0.2, 0.25) is 0 Å². The van der Waals surface area contributed by atoms with Gasteiger partial charge in [0.1, 0.15) is 24.1 Å². The number of ether oxygens (including phenoxy) is 2. The van der Waals surface area contributed by atoms with E-state index in [4.69, 9.17) is 9.47 Å². The van der Waals surface area contributed by atoms with E-state index in [2.05, 4.69) is 9.97 Å². The van der Waals surface area contributed by atoms with Gasteiger partial charge < -0.3 is 14.6 Å². The van der Waals surface area contributed by atoms with E-state index >= 15 is 0 Å². The van der Waals surface area contributed by atoms with Gasteiger partial charge in [-0.15, -0.1) is 0 Å². The Balaban J connectivity index is 1.90. The maximum Gasteiger partial charge on any atom is 0.277 e. The normalized spacial score (nSPS) is 12.4. The minimum Gasteiger partial charge on any atom is -0.492 e. The quantitative estimate of drug-likeness (QED) is 0.301. The highest BCUT2D eigenvalue weighted by Gasteiger charge is 2.32. The third-order valence-electron chi connectivity index (χ3n) is 6.22. The molecule has 0 aliphatic heterocycles. The molecular formula is C28H27F2N3O6S. The van der Waals surface area contributed by atoms with Crippen LogP contribution in [0.1, 0.15) is 30.0 Å². The summed E-state index contributed by atoms with van der Waals surface area (Å²) >= 11 is 0. The molecule has 210 valence electrons. The molecular weight excluding hydrogens is 544 g/mol. The smallest absolute Gasteiger partial charge is 0.277 e. The Hall–Kier alpha value is -4.00. The lowest BCUT2D eigenvalue weighted by Gasteiger charge is -2.24. The number of hydrogen-bond acceptors (Lipinski definition) is 8. The number of aromatic hydroxyl groups is 1. The monoisotopic (exact) mass is 571 g/mol. The lowest BCUT2D eigenvalue weighted by molar-refractivity contribution is 0.116. The molecule has 0 saturated heterocycles. The van der Waals surface area contributed by atoms with Crippen LogP contribution in [0.15, 0.2) is 75.4 Å². The summed E-state index contributed by atoms with van der Waals surface area (Å²) in [7, 11) is -3.29. The summed E-state index contributed by atoms with van der Waals surface area (Å²) in [5.41, 5.74) is 1.08. The van der Waals surface area contributed by atoms with Crippen molar-refractivity contribution < 1.29 is 31.8 Å². The summed E-state index contributed by atoms with van der Waals surface area (Å²) in [6.45, 7) is 3.15. The Kier molecular flexibility index (Phi) is 8.72. The second kappa shape index (κ2) is 12.0. The molecule has 0 radical (unpaired) electrons. The van der Waals surface area contributed by atoms with E-state index in [0.29, 0.717) is 11.6 Å². The van der Waals surface area contributed by atoms with Crippen LogP contribution < -0.4 is 5.56 Å². The highest BCUT2D eigenvalue weighted by atomic mass is 32.2. The number of rotatable bonds is 10. The Morgan fingerprint density at radius 2 is 1.75 bits per heavy atom. The second-order valence-electron chi connectivity index (χ2n) is 8.83. The number of aromatic nitrogens is 3. The molecule has 2 aromatic heterocycles. The van der Waals surface area contributed by atoms with Crippen LogP contribution in [0.3, 0.4) is 0 Å². The molecule has 0 spiro atoms. The molecule has 2 heterocycles. The number of methoxy groups -OCH3 is 1. The third-order valence-corrected chi connectivity index (χ3v) is 8.01. The minimum atomic E-state index is -4.61. The number of aryl methyl sites for hydroxylation is 1. The molecule has 12 heteroatoms. The number of pyridine rings is 1. The third kappa shape index (κ3) is 5.79. The van der Waals surface area contributed by atoms with Crippen LogP contribution in [0.25, 0.3) is 11.1 Å². The average Bonchev–Trinajstić information content (AvgIpc) is 2.90. The Morgan fingerprint density at radius 1 is 1.07 bits per heavy atom. The molecule has 0 aliphatic carbocycles. The average molecular weight is 572 g/mol. The first-order valence-corrected chi connectivity index (χ1v) is 13.7. The van der Waals surface area contributed by atoms with E-state index in [-0.39, 0.29) is 36.1 Å². The Labute approximate surface area is 229 Å². The van der Waals surface area contributed by atoms with Gasteiger partial charge in [0, 0.05) is 37.2 Å². The fourth-order valence-corrected chi connectivity index (χ4v) is 5.71. The van der Waals surface area contributed by atoms with Crippen molar-refractivity contribution in [3.8, 4) is 17.0 Å². The van der Waals surface area contributed by atoms with Crippen LogP contribution in [-0.4, -0.2) is 48.4 Å². The summed E-state index contributed by atoms with van der Waals surface area (Å²) in [5, 5.41) is 10.7. The zero-order valence-electron chi connectivity index (χ0n) is 22.0. The van der Waals surface area contributed by atoms with Crippen LogP contribution in [0.4, 0.5) is 8.78 Å². The number of sulfone groups is 1. The molecule has 4 rings (SSSR count). The van der Waals surface area contributed by atoms with Crippen LogP contribution >= 0.6 is 0 Å². The van der Waals surface area contributed by atoms with Gasteiger partial charge in [0.25, 0.3) is 5.56 Å². The van der Waals surface area contributed by atoms with E-state index in [1.54, 1.807) is 31.3 Å². The zero-order valence-corrected chi connectivity index (χ0v) is 22.8. The molecule has 9 nitrogen and oxygen atoms in total. The minimum absolute atomic E-state index is 0.00812. The van der Waals surface area contributed by atoms with Crippen molar-refractivity contribution in [2.45, 2.75) is 36.3 Å². The predicted molar refractivity (Wildman–Crippen MR) is 142 cm³/mol. The Morgan fingerprint density at radius 3 is 2.35 bits per heavy atom. The zero-order chi connectivity index (χ0) is 29.0. The largest absolute Gasteiger partial charge is 0.492 e. The van der Waals surface area contributed by atoms with Gasteiger partial charge in [-0.05, 0) is 55.3 Å². The molecule has 1 N–H and O–H groups in total. The van der Waals surface area contributed by atoms with E-state index in [0.717, 1.165) is 28.0 Å². The van der Waals surface area contributed by atoms with E-state index in [1.807, 2.05) is 13.0 Å². The van der Waals surface area contributed by atoms with Gasteiger partial charge in [-0.3, -0.25) is 14.3 Å². The summed E-state index contributed by atoms with van der Waals surface area (Å²) in [6, 6.07) is 10.8.